The summed E-state index contributed by atoms with van der Waals surface area (Å²) in [6.07, 6.45) is 3.14. The van der Waals surface area contributed by atoms with Gasteiger partial charge in [0.15, 0.2) is 28.9 Å². The van der Waals surface area contributed by atoms with E-state index in [2.05, 4.69) is 9.97 Å². The lowest BCUT2D eigenvalue weighted by Gasteiger charge is -2.20. The van der Waals surface area contributed by atoms with Crippen LogP contribution in [0, 0.1) is 0 Å². The van der Waals surface area contributed by atoms with Gasteiger partial charge >= 0.3 is 0 Å². The van der Waals surface area contributed by atoms with Crippen molar-refractivity contribution in [2.75, 3.05) is 13.2 Å². The van der Waals surface area contributed by atoms with Gasteiger partial charge in [-0.15, -0.1) is 0 Å². The molecule has 22 heavy (non-hydrogen) atoms. The Morgan fingerprint density at radius 2 is 1.68 bits per heavy atom. The topological polar surface area (TPSA) is 78.4 Å². The summed E-state index contributed by atoms with van der Waals surface area (Å²) in [6.45, 7) is 0.878. The third kappa shape index (κ3) is 2.95. The number of benzene rings is 1. The van der Waals surface area contributed by atoms with Gasteiger partial charge in [-0.05, 0) is 18.2 Å². The second-order valence-corrected chi connectivity index (χ2v) is 4.75. The normalized spacial score (nSPS) is 12.7. The van der Waals surface area contributed by atoms with Crippen molar-refractivity contribution in [3.63, 3.8) is 0 Å². The molecule has 0 bridgehead atoms. The lowest BCUT2D eigenvalue weighted by Crippen LogP contribution is -2.18. The Balaban J connectivity index is 1.69. The Bertz CT molecular complexity index is 701. The summed E-state index contributed by atoms with van der Waals surface area (Å²) >= 11 is 0. The minimum atomic E-state index is -0.254. The summed E-state index contributed by atoms with van der Waals surface area (Å²) in [5.74, 6) is 0.740. The van der Waals surface area contributed by atoms with Gasteiger partial charge in [-0.2, -0.15) is 0 Å². The van der Waals surface area contributed by atoms with Crippen molar-refractivity contribution in [2.45, 2.75) is 12.8 Å². The maximum absolute atomic E-state index is 12.3. The first-order valence-electron chi connectivity index (χ1n) is 6.98. The number of para-hydroxylation sites is 1. The summed E-state index contributed by atoms with van der Waals surface area (Å²) in [5.41, 5.74) is 0.444. The van der Waals surface area contributed by atoms with Crippen molar-refractivity contribution in [3.05, 3.63) is 48.0 Å². The molecule has 0 unspecified atom stereocenters. The first kappa shape index (κ1) is 14.2. The molecule has 1 aliphatic rings. The van der Waals surface area contributed by atoms with Gasteiger partial charge in [-0.1, -0.05) is 6.07 Å². The highest BCUT2D eigenvalue weighted by Gasteiger charge is 2.21. The van der Waals surface area contributed by atoms with E-state index in [-0.39, 0.29) is 30.2 Å². The maximum Gasteiger partial charge on any atom is 0.200 e. The molecule has 112 valence electrons. The molecule has 3 rings (SSSR count). The monoisotopic (exact) mass is 298 g/mol. The second kappa shape index (κ2) is 6.34. The number of hydrogen-bond donors (Lipinski definition) is 0. The average Bonchev–Trinajstić information content (AvgIpc) is 2.59. The summed E-state index contributed by atoms with van der Waals surface area (Å²) in [6, 6.07) is 6.81. The van der Waals surface area contributed by atoms with Gasteiger partial charge in [0.25, 0.3) is 0 Å². The van der Waals surface area contributed by atoms with Crippen molar-refractivity contribution < 1.29 is 19.1 Å². The molecule has 0 radical (unpaired) electrons. The predicted molar refractivity (Wildman–Crippen MR) is 77.4 cm³/mol. The van der Waals surface area contributed by atoms with Crippen molar-refractivity contribution in [1.82, 2.24) is 9.97 Å². The molecule has 2 aromatic rings. The van der Waals surface area contributed by atoms with E-state index in [4.69, 9.17) is 9.47 Å². The van der Waals surface area contributed by atoms with Crippen LogP contribution in [-0.2, 0) is 0 Å². The minimum absolute atomic E-state index is 0.0629. The van der Waals surface area contributed by atoms with E-state index >= 15 is 0 Å². The van der Waals surface area contributed by atoms with Gasteiger partial charge in [0.1, 0.15) is 13.2 Å². The molecular formula is C16H14N2O4. The fourth-order valence-corrected chi connectivity index (χ4v) is 2.21. The highest BCUT2D eigenvalue weighted by Crippen LogP contribution is 2.34. The predicted octanol–water partition coefficient (Wildman–Crippen LogP) is 2.09. The standard InChI is InChI=1S/C16H14N2O4/c19-12(5-6-13(20)16-17-7-2-8-18-16)11-3-1-4-14-15(11)22-10-9-21-14/h1-4,7-8H,5-6,9-10H2. The number of rotatable bonds is 5. The van der Waals surface area contributed by atoms with E-state index in [1.807, 2.05) is 0 Å². The molecule has 0 N–H and O–H groups in total. The van der Waals surface area contributed by atoms with Crippen LogP contribution in [0.5, 0.6) is 11.5 Å². The summed E-state index contributed by atoms with van der Waals surface area (Å²) in [4.78, 5) is 32.0. The number of ether oxygens (including phenoxy) is 2. The molecule has 0 saturated heterocycles. The third-order valence-electron chi connectivity index (χ3n) is 3.26. The summed E-state index contributed by atoms with van der Waals surface area (Å²) in [7, 11) is 0. The Labute approximate surface area is 127 Å². The zero-order chi connectivity index (χ0) is 15.4. The number of carbonyl (C=O) groups excluding carboxylic acids is 2. The maximum atomic E-state index is 12.3. The quantitative estimate of drug-likeness (QED) is 0.786. The highest BCUT2D eigenvalue weighted by molar-refractivity contribution is 6.02. The Hall–Kier alpha value is -2.76. The Morgan fingerprint density at radius 3 is 2.50 bits per heavy atom. The molecule has 0 fully saturated rings. The number of hydrogen-bond acceptors (Lipinski definition) is 6. The van der Waals surface area contributed by atoms with Crippen LogP contribution in [0.2, 0.25) is 0 Å². The van der Waals surface area contributed by atoms with E-state index in [1.54, 1.807) is 24.3 Å². The van der Waals surface area contributed by atoms with Gasteiger partial charge in [0.2, 0.25) is 0 Å². The van der Waals surface area contributed by atoms with E-state index in [1.165, 1.54) is 12.4 Å². The molecular weight excluding hydrogens is 284 g/mol. The van der Waals surface area contributed by atoms with Crippen LogP contribution in [-0.4, -0.2) is 34.7 Å². The van der Waals surface area contributed by atoms with Crippen LogP contribution in [0.4, 0.5) is 0 Å². The lowest BCUT2D eigenvalue weighted by molar-refractivity contribution is 0.0906. The van der Waals surface area contributed by atoms with Crippen molar-refractivity contribution in [2.24, 2.45) is 0 Å². The van der Waals surface area contributed by atoms with Gasteiger partial charge in [-0.25, -0.2) is 9.97 Å². The first-order valence-corrected chi connectivity index (χ1v) is 6.98. The molecule has 0 amide bonds. The van der Waals surface area contributed by atoms with Gasteiger partial charge in [0.05, 0.1) is 5.56 Å². The van der Waals surface area contributed by atoms with Gasteiger partial charge in [0, 0.05) is 25.2 Å². The molecule has 6 nitrogen and oxygen atoms in total. The second-order valence-electron chi connectivity index (χ2n) is 4.75. The number of Topliss-reactive ketones (excluding diaryl/α,β-unsaturated/α-hetero) is 2. The third-order valence-corrected chi connectivity index (χ3v) is 3.26. The number of nitrogens with zero attached hydrogens (tertiary/aromatic N) is 2. The van der Waals surface area contributed by atoms with Gasteiger partial charge < -0.3 is 9.47 Å². The minimum Gasteiger partial charge on any atom is -0.486 e. The molecule has 0 atom stereocenters. The smallest absolute Gasteiger partial charge is 0.200 e. The SMILES string of the molecule is O=C(CCC(=O)c1cccc2c1OCCO2)c1ncccn1. The molecule has 1 aromatic carbocycles. The number of aromatic nitrogens is 2. The molecule has 6 heteroatoms. The highest BCUT2D eigenvalue weighted by atomic mass is 16.6. The number of carbonyl (C=O) groups is 2. The van der Waals surface area contributed by atoms with Crippen molar-refractivity contribution >= 4 is 11.6 Å². The van der Waals surface area contributed by atoms with E-state index < -0.39 is 0 Å². The molecule has 1 aromatic heterocycles. The van der Waals surface area contributed by atoms with Crippen LogP contribution in [0.15, 0.2) is 36.7 Å². The van der Waals surface area contributed by atoms with E-state index in [9.17, 15) is 9.59 Å². The number of ketones is 2. The molecule has 2 heterocycles. The molecule has 1 aliphatic heterocycles. The van der Waals surface area contributed by atoms with Crippen LogP contribution in [0.3, 0.4) is 0 Å². The van der Waals surface area contributed by atoms with E-state index in [0.717, 1.165) is 0 Å². The summed E-state index contributed by atoms with van der Waals surface area (Å²) in [5, 5.41) is 0. The van der Waals surface area contributed by atoms with E-state index in [0.29, 0.717) is 30.3 Å². The molecule has 0 aliphatic carbocycles. The fourth-order valence-electron chi connectivity index (χ4n) is 2.21. The van der Waals surface area contributed by atoms with Crippen LogP contribution < -0.4 is 9.47 Å². The van der Waals surface area contributed by atoms with Crippen molar-refractivity contribution in [1.29, 1.82) is 0 Å². The van der Waals surface area contributed by atoms with Gasteiger partial charge in [-0.3, -0.25) is 9.59 Å². The zero-order valence-electron chi connectivity index (χ0n) is 11.8. The Morgan fingerprint density at radius 1 is 0.955 bits per heavy atom. The zero-order valence-corrected chi connectivity index (χ0v) is 11.8. The van der Waals surface area contributed by atoms with Crippen molar-refractivity contribution in [3.8, 4) is 11.5 Å². The Kier molecular flexibility index (Phi) is 4.09. The van der Waals surface area contributed by atoms with Crippen LogP contribution in [0.1, 0.15) is 33.8 Å². The fraction of sp³-hybridized carbons (Fsp3) is 0.250. The number of fused-ring (bicyclic) bond motifs is 1. The average molecular weight is 298 g/mol. The molecule has 0 saturated carbocycles. The largest absolute Gasteiger partial charge is 0.486 e. The summed E-state index contributed by atoms with van der Waals surface area (Å²) < 4.78 is 11.0. The lowest BCUT2D eigenvalue weighted by atomic mass is 10.0. The van der Waals surface area contributed by atoms with Crippen LogP contribution in [0.25, 0.3) is 0 Å². The molecule has 0 spiro atoms. The first-order chi connectivity index (χ1) is 10.8. The van der Waals surface area contributed by atoms with Crippen LogP contribution >= 0.6 is 0 Å².